The number of aliphatic hydroxyl groups is 1. The summed E-state index contributed by atoms with van der Waals surface area (Å²) in [7, 11) is 1.39. The van der Waals surface area contributed by atoms with Gasteiger partial charge in [0, 0.05) is 45.2 Å². The molecule has 2 rings (SSSR count). The van der Waals surface area contributed by atoms with Crippen molar-refractivity contribution in [3.8, 4) is 5.75 Å². The van der Waals surface area contributed by atoms with Gasteiger partial charge in [-0.2, -0.15) is 0 Å². The third kappa shape index (κ3) is 4.27. The van der Waals surface area contributed by atoms with Crippen LogP contribution >= 0.6 is 0 Å². The van der Waals surface area contributed by atoms with Crippen molar-refractivity contribution in [3.63, 3.8) is 0 Å². The van der Waals surface area contributed by atoms with Gasteiger partial charge in [0.05, 0.1) is 19.0 Å². The molecule has 1 aliphatic rings. The quantitative estimate of drug-likeness (QED) is 0.823. The van der Waals surface area contributed by atoms with Gasteiger partial charge in [0.2, 0.25) is 10.0 Å². The molecule has 1 heterocycles. The maximum atomic E-state index is 12.1. The predicted octanol–water partition coefficient (Wildman–Crippen LogP) is 0.996. The summed E-state index contributed by atoms with van der Waals surface area (Å²) in [5.74, 6) is 0.565. The second kappa shape index (κ2) is 7.39. The van der Waals surface area contributed by atoms with E-state index in [1.807, 2.05) is 13.8 Å². The van der Waals surface area contributed by atoms with Gasteiger partial charge in [-0.15, -0.1) is 0 Å². The lowest BCUT2D eigenvalue weighted by Crippen LogP contribution is -2.33. The van der Waals surface area contributed by atoms with E-state index in [-0.39, 0.29) is 11.7 Å². The summed E-state index contributed by atoms with van der Waals surface area (Å²) in [4.78, 5) is 2.09. The van der Waals surface area contributed by atoms with Crippen LogP contribution in [0.2, 0.25) is 0 Å². The van der Waals surface area contributed by atoms with E-state index in [0.29, 0.717) is 19.6 Å². The number of rotatable bonds is 6. The van der Waals surface area contributed by atoms with Crippen molar-refractivity contribution >= 4 is 10.0 Å². The second-order valence-electron chi connectivity index (χ2n) is 6.86. The molecule has 24 heavy (non-hydrogen) atoms. The van der Waals surface area contributed by atoms with Crippen LogP contribution in [0.3, 0.4) is 0 Å². The fourth-order valence-corrected chi connectivity index (χ4v) is 4.51. The summed E-state index contributed by atoms with van der Waals surface area (Å²) in [6.45, 7) is 5.73. The Kier molecular flexibility index (Phi) is 5.91. The fourth-order valence-electron chi connectivity index (χ4n) is 3.35. The molecule has 2 atom stereocenters. The summed E-state index contributed by atoms with van der Waals surface area (Å²) in [5.41, 5.74) is 3.31. The van der Waals surface area contributed by atoms with Gasteiger partial charge in [-0.3, -0.25) is 4.90 Å². The minimum atomic E-state index is -3.32. The number of benzene rings is 1. The first-order chi connectivity index (χ1) is 11.1. The zero-order valence-corrected chi connectivity index (χ0v) is 15.9. The molecule has 136 valence electrons. The van der Waals surface area contributed by atoms with E-state index in [0.717, 1.165) is 22.4 Å². The van der Waals surface area contributed by atoms with E-state index in [1.54, 1.807) is 7.11 Å². The largest absolute Gasteiger partial charge is 0.496 e. The maximum absolute atomic E-state index is 12.1. The molecule has 1 N–H and O–H groups in total. The molecule has 0 bridgehead atoms. The van der Waals surface area contributed by atoms with Crippen molar-refractivity contribution in [2.45, 2.75) is 26.5 Å². The Morgan fingerprint density at radius 3 is 2.54 bits per heavy atom. The Morgan fingerprint density at radius 2 is 1.96 bits per heavy atom. The minimum absolute atomic E-state index is 0.0261. The van der Waals surface area contributed by atoms with Gasteiger partial charge in [-0.25, -0.2) is 12.7 Å². The van der Waals surface area contributed by atoms with Crippen molar-refractivity contribution in [1.82, 2.24) is 9.21 Å². The average Bonchev–Trinajstić information content (AvgIpc) is 2.77. The third-order valence-corrected chi connectivity index (χ3v) is 6.52. The lowest BCUT2D eigenvalue weighted by atomic mass is 10.1. The van der Waals surface area contributed by atoms with Crippen LogP contribution in [-0.4, -0.2) is 68.9 Å². The molecule has 1 aromatic carbocycles. The zero-order chi connectivity index (χ0) is 18.1. The van der Waals surface area contributed by atoms with E-state index in [9.17, 15) is 13.5 Å². The van der Waals surface area contributed by atoms with E-state index in [2.05, 4.69) is 17.0 Å². The first-order valence-corrected chi connectivity index (χ1v) is 9.69. The van der Waals surface area contributed by atoms with Crippen LogP contribution in [0.25, 0.3) is 0 Å². The highest BCUT2D eigenvalue weighted by Crippen LogP contribution is 2.29. The molecule has 1 aliphatic heterocycles. The molecular weight excluding hydrogens is 328 g/mol. The van der Waals surface area contributed by atoms with E-state index in [1.165, 1.54) is 18.4 Å². The standard InChI is InChI=1S/C17H28N2O4S/c1-12-6-13(2)17(23-5)14(7-12)8-19-9-15(16(20)10-19)11-24(21,22)18(3)4/h6-7,15-16,20H,8-11H2,1-5H3/t15-,16+/m0/s1. The Morgan fingerprint density at radius 1 is 1.29 bits per heavy atom. The number of nitrogens with zero attached hydrogens (tertiary/aromatic N) is 2. The summed E-state index contributed by atoms with van der Waals surface area (Å²) in [6.07, 6.45) is -0.628. The zero-order valence-electron chi connectivity index (χ0n) is 15.1. The molecule has 6 nitrogen and oxygen atoms in total. The van der Waals surface area contributed by atoms with Crippen LogP contribution in [0, 0.1) is 19.8 Å². The fraction of sp³-hybridized carbons (Fsp3) is 0.647. The molecule has 0 spiro atoms. The van der Waals surface area contributed by atoms with Crippen LogP contribution in [0.15, 0.2) is 12.1 Å². The van der Waals surface area contributed by atoms with Crippen molar-refractivity contribution in [3.05, 3.63) is 28.8 Å². The van der Waals surface area contributed by atoms with Gasteiger partial charge in [-0.1, -0.05) is 17.7 Å². The van der Waals surface area contributed by atoms with Crippen LogP contribution in [0.1, 0.15) is 16.7 Å². The molecule has 1 fully saturated rings. The van der Waals surface area contributed by atoms with Crippen LogP contribution in [-0.2, 0) is 16.6 Å². The summed E-state index contributed by atoms with van der Waals surface area (Å²) < 4.78 is 30.9. The third-order valence-electron chi connectivity index (χ3n) is 4.56. The number of sulfonamides is 1. The monoisotopic (exact) mass is 356 g/mol. The predicted molar refractivity (Wildman–Crippen MR) is 94.7 cm³/mol. The first kappa shape index (κ1) is 19.2. The van der Waals surface area contributed by atoms with E-state index < -0.39 is 16.1 Å². The maximum Gasteiger partial charge on any atom is 0.214 e. The van der Waals surface area contributed by atoms with Gasteiger partial charge >= 0.3 is 0 Å². The summed E-state index contributed by atoms with van der Waals surface area (Å²) >= 11 is 0. The Bertz CT molecular complexity index is 688. The molecule has 0 saturated carbocycles. The number of aryl methyl sites for hydroxylation is 2. The van der Waals surface area contributed by atoms with Gasteiger partial charge < -0.3 is 9.84 Å². The van der Waals surface area contributed by atoms with E-state index >= 15 is 0 Å². The Hall–Kier alpha value is -1.15. The van der Waals surface area contributed by atoms with Gasteiger partial charge in [0.25, 0.3) is 0 Å². The van der Waals surface area contributed by atoms with Crippen molar-refractivity contribution < 1.29 is 18.3 Å². The molecule has 0 aliphatic carbocycles. The minimum Gasteiger partial charge on any atom is -0.496 e. The number of hydrogen-bond acceptors (Lipinski definition) is 5. The van der Waals surface area contributed by atoms with Gasteiger partial charge in [0.1, 0.15) is 5.75 Å². The number of β-amino-alcohol motifs (C(OH)–C–C–N with tert-alkyl or cyclic N) is 1. The molecule has 0 amide bonds. The highest BCUT2D eigenvalue weighted by atomic mass is 32.2. The Balaban J connectivity index is 2.11. The highest BCUT2D eigenvalue weighted by Gasteiger charge is 2.35. The van der Waals surface area contributed by atoms with Gasteiger partial charge in [0.15, 0.2) is 0 Å². The summed E-state index contributed by atoms with van der Waals surface area (Å²) in [5, 5.41) is 10.3. The molecule has 7 heteroatoms. The lowest BCUT2D eigenvalue weighted by molar-refractivity contribution is 0.148. The first-order valence-electron chi connectivity index (χ1n) is 8.08. The second-order valence-corrected chi connectivity index (χ2v) is 9.08. The lowest BCUT2D eigenvalue weighted by Gasteiger charge is -2.20. The van der Waals surface area contributed by atoms with Crippen molar-refractivity contribution in [1.29, 1.82) is 0 Å². The number of hydrogen-bond donors (Lipinski definition) is 1. The van der Waals surface area contributed by atoms with E-state index in [4.69, 9.17) is 4.74 Å². The number of methoxy groups -OCH3 is 1. The van der Waals surface area contributed by atoms with Crippen molar-refractivity contribution in [2.24, 2.45) is 5.92 Å². The van der Waals surface area contributed by atoms with Crippen LogP contribution in [0.5, 0.6) is 5.75 Å². The summed E-state index contributed by atoms with van der Waals surface area (Å²) in [6, 6.07) is 4.16. The molecule has 0 unspecified atom stereocenters. The normalized spacial score (nSPS) is 22.3. The highest BCUT2D eigenvalue weighted by molar-refractivity contribution is 7.89. The van der Waals surface area contributed by atoms with Crippen LogP contribution < -0.4 is 4.74 Å². The van der Waals surface area contributed by atoms with Gasteiger partial charge in [-0.05, 0) is 19.4 Å². The molecule has 1 saturated heterocycles. The molecule has 0 aromatic heterocycles. The van der Waals surface area contributed by atoms with Crippen molar-refractivity contribution in [2.75, 3.05) is 40.0 Å². The average molecular weight is 356 g/mol. The number of ether oxygens (including phenoxy) is 1. The van der Waals surface area contributed by atoms with Crippen LogP contribution in [0.4, 0.5) is 0 Å². The number of aliphatic hydroxyl groups excluding tert-OH is 1. The number of likely N-dealkylation sites (tertiary alicyclic amines) is 1. The smallest absolute Gasteiger partial charge is 0.214 e. The molecule has 0 radical (unpaired) electrons. The molecular formula is C17H28N2O4S. The molecule has 1 aromatic rings. The topological polar surface area (TPSA) is 70.1 Å². The SMILES string of the molecule is COc1c(C)cc(C)cc1CN1C[C@@H](CS(=O)(=O)N(C)C)[C@H](O)C1. The Labute approximate surface area is 145 Å².